The molecule has 0 aromatic heterocycles. The van der Waals surface area contributed by atoms with Crippen LogP contribution in [-0.2, 0) is 0 Å². The maximum absolute atomic E-state index is 12.2. The van der Waals surface area contributed by atoms with Gasteiger partial charge in [0.2, 0.25) is 0 Å². The third-order valence-electron chi connectivity index (χ3n) is 2.69. The summed E-state index contributed by atoms with van der Waals surface area (Å²) in [4.78, 5) is 15.4. The number of urea groups is 1. The molecule has 104 valence electrons. The molecular weight excluding hydrogens is 308 g/mol. The van der Waals surface area contributed by atoms with E-state index in [0.29, 0.717) is 6.54 Å². The molecule has 1 aromatic carbocycles. The van der Waals surface area contributed by atoms with Crippen LogP contribution in [0.25, 0.3) is 0 Å². The van der Waals surface area contributed by atoms with E-state index in [9.17, 15) is 4.79 Å². The van der Waals surface area contributed by atoms with E-state index in [0.717, 1.165) is 15.7 Å². The van der Waals surface area contributed by atoms with Gasteiger partial charge >= 0.3 is 6.03 Å². The highest BCUT2D eigenvalue weighted by Crippen LogP contribution is 2.29. The first-order valence-electron chi connectivity index (χ1n) is 5.98. The molecule has 6 heteroatoms. The second-order valence-corrected chi connectivity index (χ2v) is 5.18. The average Bonchev–Trinajstić information content (AvgIpc) is 2.33. The molecule has 0 aliphatic heterocycles. The molecule has 0 saturated heterocycles. The fourth-order valence-electron chi connectivity index (χ4n) is 1.65. The number of carbonyl (C=O) groups is 1. The van der Waals surface area contributed by atoms with Crippen LogP contribution in [0.4, 0.5) is 10.5 Å². The maximum atomic E-state index is 12.2. The summed E-state index contributed by atoms with van der Waals surface area (Å²) in [6.45, 7) is 4.38. The summed E-state index contributed by atoms with van der Waals surface area (Å²) < 4.78 is 0.862. The second-order valence-electron chi connectivity index (χ2n) is 4.32. The molecule has 0 atom stereocenters. The minimum atomic E-state index is -0.309. The Labute approximate surface area is 122 Å². The lowest BCUT2D eigenvalue weighted by Gasteiger charge is -2.25. The molecule has 0 radical (unpaired) electrons. The van der Waals surface area contributed by atoms with Gasteiger partial charge in [0.05, 0.1) is 5.69 Å². The van der Waals surface area contributed by atoms with Crippen molar-refractivity contribution in [2.45, 2.75) is 13.8 Å². The van der Waals surface area contributed by atoms with Gasteiger partial charge in [-0.1, -0.05) is 12.1 Å². The molecule has 2 amide bonds. The number of rotatable bonds is 2. The van der Waals surface area contributed by atoms with Crippen LogP contribution >= 0.6 is 15.9 Å². The number of hydrogen-bond acceptors (Lipinski definition) is 2. The summed E-state index contributed by atoms with van der Waals surface area (Å²) in [6.07, 6.45) is 0. The van der Waals surface area contributed by atoms with E-state index in [2.05, 4.69) is 21.2 Å². The van der Waals surface area contributed by atoms with Crippen molar-refractivity contribution in [3.05, 3.63) is 28.2 Å². The van der Waals surface area contributed by atoms with E-state index in [4.69, 9.17) is 5.41 Å². The number of nitrogens with one attached hydrogen (secondary N) is 2. The summed E-state index contributed by atoms with van der Waals surface area (Å²) in [5.74, 6) is 0.0631. The summed E-state index contributed by atoms with van der Waals surface area (Å²) >= 11 is 3.47. The Hall–Kier alpha value is -1.56. The number of carbonyl (C=O) groups excluding carboxylic acids is 1. The van der Waals surface area contributed by atoms with Crippen molar-refractivity contribution in [3.8, 4) is 0 Å². The van der Waals surface area contributed by atoms with Gasteiger partial charge in [-0.3, -0.25) is 15.6 Å². The van der Waals surface area contributed by atoms with E-state index in [1.807, 2.05) is 32.0 Å². The van der Waals surface area contributed by atoms with Crippen molar-refractivity contribution < 1.29 is 4.79 Å². The minimum Gasteiger partial charge on any atom is -0.349 e. The predicted molar refractivity (Wildman–Crippen MR) is 81.8 cm³/mol. The van der Waals surface area contributed by atoms with Gasteiger partial charge in [-0.15, -0.1) is 0 Å². The zero-order chi connectivity index (χ0) is 14.6. The highest BCUT2D eigenvalue weighted by molar-refractivity contribution is 9.10. The summed E-state index contributed by atoms with van der Waals surface area (Å²) in [7, 11) is 3.42. The topological polar surface area (TPSA) is 59.4 Å². The molecule has 0 fully saturated rings. The number of halogens is 1. The molecule has 0 heterocycles. The average molecular weight is 327 g/mol. The highest BCUT2D eigenvalue weighted by Gasteiger charge is 2.19. The molecular formula is C13H19BrN4O. The van der Waals surface area contributed by atoms with Crippen LogP contribution in [0.15, 0.2) is 22.7 Å². The quantitative estimate of drug-likeness (QED) is 0.648. The van der Waals surface area contributed by atoms with E-state index >= 15 is 0 Å². The Morgan fingerprint density at radius 3 is 2.53 bits per heavy atom. The van der Waals surface area contributed by atoms with Crippen LogP contribution in [0.3, 0.4) is 0 Å². The number of aryl methyl sites for hydroxylation is 1. The molecule has 1 rings (SSSR count). The van der Waals surface area contributed by atoms with E-state index in [-0.39, 0.29) is 12.0 Å². The Kier molecular flexibility index (Phi) is 5.35. The molecule has 5 nitrogen and oxygen atoms in total. The molecule has 0 aliphatic carbocycles. The van der Waals surface area contributed by atoms with E-state index in [1.54, 1.807) is 23.9 Å². The first kappa shape index (κ1) is 15.5. The Morgan fingerprint density at radius 2 is 2.05 bits per heavy atom. The summed E-state index contributed by atoms with van der Waals surface area (Å²) in [5.41, 5.74) is 1.83. The van der Waals surface area contributed by atoms with Gasteiger partial charge in [-0.2, -0.15) is 0 Å². The fraction of sp³-hybridized carbons (Fsp3) is 0.385. The first-order valence-corrected chi connectivity index (χ1v) is 6.77. The van der Waals surface area contributed by atoms with Crippen LogP contribution in [0.5, 0.6) is 0 Å². The van der Waals surface area contributed by atoms with Gasteiger partial charge < -0.3 is 4.90 Å². The highest BCUT2D eigenvalue weighted by atomic mass is 79.9. The third-order valence-corrected chi connectivity index (χ3v) is 3.33. The van der Waals surface area contributed by atoms with Crippen molar-refractivity contribution in [2.75, 3.05) is 25.5 Å². The van der Waals surface area contributed by atoms with Crippen LogP contribution < -0.4 is 10.2 Å². The fourth-order valence-corrected chi connectivity index (χ4v) is 2.33. The molecule has 19 heavy (non-hydrogen) atoms. The minimum absolute atomic E-state index is 0.0631. The lowest BCUT2D eigenvalue weighted by molar-refractivity contribution is 0.249. The van der Waals surface area contributed by atoms with Gasteiger partial charge in [0.1, 0.15) is 0 Å². The molecule has 0 saturated carbocycles. The van der Waals surface area contributed by atoms with Crippen molar-refractivity contribution in [2.24, 2.45) is 0 Å². The number of anilines is 1. The van der Waals surface area contributed by atoms with Gasteiger partial charge in [0.25, 0.3) is 0 Å². The lowest BCUT2D eigenvalue weighted by Crippen LogP contribution is -2.47. The maximum Gasteiger partial charge on any atom is 0.328 e. The molecule has 0 spiro atoms. The number of nitrogens with zero attached hydrogens (tertiary/aromatic N) is 2. The van der Waals surface area contributed by atoms with Gasteiger partial charge in [-0.25, -0.2) is 4.79 Å². The standard InChI is InChI=1S/C13H19BrN4O/c1-5-18(13(19)16-12(15)17(3)4)11-9(2)7-6-8-10(11)14/h6-8H,5H2,1-4H3,(H2,15,16,19). The van der Waals surface area contributed by atoms with E-state index < -0.39 is 0 Å². The zero-order valence-corrected chi connectivity index (χ0v) is 13.2. The normalized spacial score (nSPS) is 9.95. The van der Waals surface area contributed by atoms with Crippen LogP contribution in [0, 0.1) is 12.3 Å². The molecule has 0 unspecified atom stereocenters. The Bertz CT molecular complexity index is 467. The predicted octanol–water partition coefficient (Wildman–Crippen LogP) is 2.79. The number of hydrogen-bond donors (Lipinski definition) is 2. The molecule has 1 aromatic rings. The largest absolute Gasteiger partial charge is 0.349 e. The Balaban J connectivity index is 3.01. The lowest BCUT2D eigenvalue weighted by atomic mass is 10.2. The summed E-state index contributed by atoms with van der Waals surface area (Å²) in [5, 5.41) is 10.2. The number of para-hydroxylation sites is 1. The SMILES string of the molecule is CCN(C(=O)NC(=N)N(C)C)c1c(C)cccc1Br. The summed E-state index contributed by atoms with van der Waals surface area (Å²) in [6, 6.07) is 5.47. The second kappa shape index (κ2) is 6.56. The van der Waals surface area contributed by atoms with Gasteiger partial charge in [0, 0.05) is 25.1 Å². The molecule has 2 N–H and O–H groups in total. The van der Waals surface area contributed by atoms with Gasteiger partial charge in [0.15, 0.2) is 5.96 Å². The monoisotopic (exact) mass is 326 g/mol. The molecule has 0 aliphatic rings. The molecule has 0 bridgehead atoms. The van der Waals surface area contributed by atoms with Crippen LogP contribution in [0.1, 0.15) is 12.5 Å². The number of guanidine groups is 1. The van der Waals surface area contributed by atoms with Crippen molar-refractivity contribution >= 4 is 33.6 Å². The number of benzene rings is 1. The van der Waals surface area contributed by atoms with Crippen LogP contribution in [-0.4, -0.2) is 37.5 Å². The van der Waals surface area contributed by atoms with Gasteiger partial charge in [-0.05, 0) is 41.4 Å². The van der Waals surface area contributed by atoms with Crippen molar-refractivity contribution in [3.63, 3.8) is 0 Å². The number of amides is 2. The third kappa shape index (κ3) is 3.70. The van der Waals surface area contributed by atoms with E-state index in [1.165, 1.54) is 0 Å². The Morgan fingerprint density at radius 1 is 1.42 bits per heavy atom. The van der Waals surface area contributed by atoms with Crippen molar-refractivity contribution in [1.82, 2.24) is 10.2 Å². The van der Waals surface area contributed by atoms with Crippen molar-refractivity contribution in [1.29, 1.82) is 5.41 Å². The van der Waals surface area contributed by atoms with Crippen LogP contribution in [0.2, 0.25) is 0 Å². The zero-order valence-electron chi connectivity index (χ0n) is 11.6. The first-order chi connectivity index (χ1) is 8.88. The smallest absolute Gasteiger partial charge is 0.328 e.